The first-order chi connectivity index (χ1) is 8.31. The van der Waals surface area contributed by atoms with Gasteiger partial charge in [0.1, 0.15) is 5.82 Å². The average Bonchev–Trinajstić information content (AvgIpc) is 2.85. The maximum Gasteiger partial charge on any atom is 0.233 e. The van der Waals surface area contributed by atoms with E-state index < -0.39 is 0 Å². The van der Waals surface area contributed by atoms with Crippen molar-refractivity contribution < 1.29 is 0 Å². The van der Waals surface area contributed by atoms with Crippen molar-refractivity contribution in [2.24, 2.45) is 0 Å². The summed E-state index contributed by atoms with van der Waals surface area (Å²) in [5.74, 6) is 1.70. The van der Waals surface area contributed by atoms with Crippen LogP contribution in [-0.4, -0.2) is 19.2 Å². The first kappa shape index (κ1) is 9.85. The summed E-state index contributed by atoms with van der Waals surface area (Å²) in [5, 5.41) is 13.0. The Hall–Kier alpha value is -2.35. The molecule has 0 radical (unpaired) electrons. The monoisotopic (exact) mass is 225 g/mol. The number of rotatable bonds is 2. The number of benzene rings is 1. The summed E-state index contributed by atoms with van der Waals surface area (Å²) in [6.07, 6.45) is 0.444. The zero-order valence-corrected chi connectivity index (χ0v) is 9.46. The van der Waals surface area contributed by atoms with E-state index in [1.165, 1.54) is 0 Å². The Balaban J connectivity index is 2.30. The van der Waals surface area contributed by atoms with Crippen molar-refractivity contribution in [3.05, 3.63) is 30.1 Å². The Morgan fingerprint density at radius 2 is 2.18 bits per heavy atom. The standard InChI is InChI=1S/C12H11N5/c1-9-15-16(8-4-7-13)12-14-10-5-2-3-6-11(10)17(9)12/h2-3,5-6H,4,8H2,1H3. The predicted octanol–water partition coefficient (Wildman–Crippen LogP) is 1.91. The van der Waals surface area contributed by atoms with E-state index >= 15 is 0 Å². The number of hydrogen-bond donors (Lipinski definition) is 0. The number of para-hydroxylation sites is 2. The van der Waals surface area contributed by atoms with Gasteiger partial charge in [0.15, 0.2) is 0 Å². The molecule has 0 aliphatic rings. The van der Waals surface area contributed by atoms with Gasteiger partial charge in [-0.05, 0) is 19.1 Å². The molecule has 3 aromatic rings. The van der Waals surface area contributed by atoms with E-state index in [0.29, 0.717) is 13.0 Å². The van der Waals surface area contributed by atoms with Gasteiger partial charge in [-0.15, -0.1) is 0 Å². The molecule has 0 bridgehead atoms. The minimum absolute atomic E-state index is 0.444. The maximum absolute atomic E-state index is 8.63. The van der Waals surface area contributed by atoms with Crippen LogP contribution in [-0.2, 0) is 6.54 Å². The summed E-state index contributed by atoms with van der Waals surface area (Å²) in [7, 11) is 0. The highest BCUT2D eigenvalue weighted by atomic mass is 15.4. The van der Waals surface area contributed by atoms with Crippen LogP contribution in [0.5, 0.6) is 0 Å². The number of fused-ring (bicyclic) bond motifs is 3. The molecule has 84 valence electrons. The highest BCUT2D eigenvalue weighted by Crippen LogP contribution is 2.17. The van der Waals surface area contributed by atoms with Gasteiger partial charge < -0.3 is 0 Å². The average molecular weight is 225 g/mol. The van der Waals surface area contributed by atoms with Crippen LogP contribution in [0.25, 0.3) is 16.8 Å². The molecule has 0 atom stereocenters. The number of nitrogens with zero attached hydrogens (tertiary/aromatic N) is 5. The van der Waals surface area contributed by atoms with Gasteiger partial charge in [-0.1, -0.05) is 12.1 Å². The van der Waals surface area contributed by atoms with Gasteiger partial charge in [0.25, 0.3) is 0 Å². The maximum atomic E-state index is 8.63. The van der Waals surface area contributed by atoms with Crippen LogP contribution < -0.4 is 0 Å². The Bertz CT molecular complexity index is 728. The lowest BCUT2D eigenvalue weighted by atomic mass is 10.3. The Labute approximate surface area is 97.9 Å². The number of hydrogen-bond acceptors (Lipinski definition) is 3. The van der Waals surface area contributed by atoms with Gasteiger partial charge in [-0.2, -0.15) is 10.4 Å². The van der Waals surface area contributed by atoms with Gasteiger partial charge in [-0.25, -0.2) is 9.67 Å². The molecule has 0 N–H and O–H groups in total. The molecular formula is C12H11N5. The Kier molecular flexibility index (Phi) is 2.08. The molecule has 3 rings (SSSR count). The van der Waals surface area contributed by atoms with Crippen LogP contribution in [0.15, 0.2) is 24.3 Å². The van der Waals surface area contributed by atoms with Crippen LogP contribution in [0.2, 0.25) is 0 Å². The molecule has 0 spiro atoms. The summed E-state index contributed by atoms with van der Waals surface area (Å²) in [6, 6.07) is 10.1. The Morgan fingerprint density at radius 3 is 3.00 bits per heavy atom. The van der Waals surface area contributed by atoms with Gasteiger partial charge in [0.05, 0.1) is 30.1 Å². The van der Waals surface area contributed by atoms with E-state index in [4.69, 9.17) is 5.26 Å². The summed E-state index contributed by atoms with van der Waals surface area (Å²) in [5.41, 5.74) is 2.02. The molecule has 0 unspecified atom stereocenters. The largest absolute Gasteiger partial charge is 0.263 e. The molecule has 2 aromatic heterocycles. The third-order valence-electron chi connectivity index (χ3n) is 2.80. The lowest BCUT2D eigenvalue weighted by molar-refractivity contribution is 0.638. The highest BCUT2D eigenvalue weighted by molar-refractivity contribution is 5.79. The summed E-state index contributed by atoms with van der Waals surface area (Å²) < 4.78 is 3.81. The van der Waals surface area contributed by atoms with Crippen molar-refractivity contribution in [1.82, 2.24) is 19.2 Å². The minimum Gasteiger partial charge on any atom is -0.263 e. The molecule has 0 fully saturated rings. The van der Waals surface area contributed by atoms with Crippen molar-refractivity contribution in [2.75, 3.05) is 0 Å². The zero-order valence-electron chi connectivity index (χ0n) is 9.46. The predicted molar refractivity (Wildman–Crippen MR) is 63.5 cm³/mol. The van der Waals surface area contributed by atoms with Crippen molar-refractivity contribution in [1.29, 1.82) is 5.26 Å². The molecule has 5 nitrogen and oxygen atoms in total. The number of aryl methyl sites for hydroxylation is 2. The van der Waals surface area contributed by atoms with E-state index in [0.717, 1.165) is 22.6 Å². The first-order valence-corrected chi connectivity index (χ1v) is 5.49. The van der Waals surface area contributed by atoms with Gasteiger partial charge >= 0.3 is 0 Å². The second-order valence-electron chi connectivity index (χ2n) is 3.91. The van der Waals surface area contributed by atoms with Crippen molar-refractivity contribution in [2.45, 2.75) is 19.9 Å². The fourth-order valence-corrected chi connectivity index (χ4v) is 2.08. The minimum atomic E-state index is 0.444. The molecule has 2 heterocycles. The molecule has 17 heavy (non-hydrogen) atoms. The smallest absolute Gasteiger partial charge is 0.233 e. The van der Waals surface area contributed by atoms with Gasteiger partial charge in [-0.3, -0.25) is 4.40 Å². The fourth-order valence-electron chi connectivity index (χ4n) is 2.08. The van der Waals surface area contributed by atoms with Crippen molar-refractivity contribution in [3.8, 4) is 6.07 Å². The van der Waals surface area contributed by atoms with E-state index in [1.54, 1.807) is 4.68 Å². The third kappa shape index (κ3) is 1.38. The molecule has 1 aromatic carbocycles. The molecule has 0 aliphatic carbocycles. The molecule has 0 saturated heterocycles. The van der Waals surface area contributed by atoms with Gasteiger partial charge in [0, 0.05) is 0 Å². The summed E-state index contributed by atoms with van der Waals surface area (Å²) in [6.45, 7) is 2.53. The SMILES string of the molecule is Cc1nn(CCC#N)c2nc3ccccc3n12. The van der Waals surface area contributed by atoms with Gasteiger partial charge in [0.2, 0.25) is 5.78 Å². The molecule has 0 amide bonds. The number of nitriles is 1. The molecule has 0 saturated carbocycles. The molecular weight excluding hydrogens is 214 g/mol. The second kappa shape index (κ2) is 3.59. The van der Waals surface area contributed by atoms with Crippen molar-refractivity contribution in [3.63, 3.8) is 0 Å². The van der Waals surface area contributed by atoms with Crippen LogP contribution in [0.1, 0.15) is 12.2 Å². The summed E-state index contributed by atoms with van der Waals surface area (Å²) in [4.78, 5) is 4.54. The van der Waals surface area contributed by atoms with E-state index in [2.05, 4.69) is 16.2 Å². The van der Waals surface area contributed by atoms with E-state index in [1.807, 2.05) is 35.6 Å². The fraction of sp³-hybridized carbons (Fsp3) is 0.250. The third-order valence-corrected chi connectivity index (χ3v) is 2.80. The van der Waals surface area contributed by atoms with Crippen LogP contribution >= 0.6 is 0 Å². The second-order valence-corrected chi connectivity index (χ2v) is 3.91. The lowest BCUT2D eigenvalue weighted by Gasteiger charge is -1.93. The van der Waals surface area contributed by atoms with Crippen LogP contribution in [0, 0.1) is 18.3 Å². The Morgan fingerprint density at radius 1 is 1.35 bits per heavy atom. The van der Waals surface area contributed by atoms with Crippen LogP contribution in [0.4, 0.5) is 0 Å². The van der Waals surface area contributed by atoms with E-state index in [9.17, 15) is 0 Å². The zero-order chi connectivity index (χ0) is 11.8. The summed E-state index contributed by atoms with van der Waals surface area (Å²) >= 11 is 0. The lowest BCUT2D eigenvalue weighted by Crippen LogP contribution is -2.00. The molecule has 5 heteroatoms. The molecule has 0 aliphatic heterocycles. The quantitative estimate of drug-likeness (QED) is 0.669. The van der Waals surface area contributed by atoms with Crippen molar-refractivity contribution >= 4 is 16.8 Å². The van der Waals surface area contributed by atoms with Crippen LogP contribution in [0.3, 0.4) is 0 Å². The topological polar surface area (TPSA) is 58.9 Å². The number of imidazole rings is 1. The number of aromatic nitrogens is 4. The van der Waals surface area contributed by atoms with E-state index in [-0.39, 0.29) is 0 Å². The first-order valence-electron chi connectivity index (χ1n) is 5.49. The highest BCUT2D eigenvalue weighted by Gasteiger charge is 2.12. The normalized spacial score (nSPS) is 11.1.